The van der Waals surface area contributed by atoms with E-state index in [0.29, 0.717) is 12.3 Å². The third-order valence-electron chi connectivity index (χ3n) is 3.44. The van der Waals surface area contributed by atoms with Crippen LogP contribution in [0.4, 0.5) is 0 Å². The number of aromatic nitrogens is 1. The Kier molecular flexibility index (Phi) is 5.91. The second-order valence-corrected chi connectivity index (χ2v) is 5.03. The molecule has 0 spiro atoms. The van der Waals surface area contributed by atoms with Gasteiger partial charge in [-0.3, -0.25) is 19.8 Å². The van der Waals surface area contributed by atoms with Crippen molar-refractivity contribution in [1.29, 1.82) is 0 Å². The molecule has 1 aliphatic rings. The van der Waals surface area contributed by atoms with Crippen molar-refractivity contribution in [3.63, 3.8) is 0 Å². The van der Waals surface area contributed by atoms with Crippen molar-refractivity contribution >= 4 is 11.8 Å². The number of H-pyrrole nitrogens is 1. The Morgan fingerprint density at radius 3 is 2.81 bits per heavy atom. The average Bonchev–Trinajstić information content (AvgIpc) is 3.01. The smallest absolute Gasteiger partial charge is 0.274 e. The zero-order valence-electron chi connectivity index (χ0n) is 11.9. The van der Waals surface area contributed by atoms with E-state index in [9.17, 15) is 9.59 Å². The summed E-state index contributed by atoms with van der Waals surface area (Å²) in [6.07, 6.45) is 3.45. The zero-order chi connectivity index (χ0) is 15.1. The molecule has 1 aromatic heterocycles. The molecular formula is C14H21N3O4. The normalized spacial score (nSPS) is 16.8. The second-order valence-electron chi connectivity index (χ2n) is 5.03. The Morgan fingerprint density at radius 2 is 2.19 bits per heavy atom. The summed E-state index contributed by atoms with van der Waals surface area (Å²) in [5.41, 5.74) is 0.375. The fourth-order valence-electron chi connectivity index (χ4n) is 2.36. The van der Waals surface area contributed by atoms with Gasteiger partial charge in [0.1, 0.15) is 5.69 Å². The fourth-order valence-corrected chi connectivity index (χ4v) is 2.36. The maximum atomic E-state index is 11.8. The minimum absolute atomic E-state index is 0.0312. The van der Waals surface area contributed by atoms with E-state index in [1.165, 1.54) is 0 Å². The molecule has 21 heavy (non-hydrogen) atoms. The van der Waals surface area contributed by atoms with Crippen LogP contribution in [0.3, 0.4) is 0 Å². The predicted molar refractivity (Wildman–Crippen MR) is 75.8 cm³/mol. The van der Waals surface area contributed by atoms with Crippen LogP contribution in [-0.2, 0) is 9.53 Å². The average molecular weight is 295 g/mol. The van der Waals surface area contributed by atoms with Gasteiger partial charge in [-0.15, -0.1) is 0 Å². The molecule has 1 aliphatic heterocycles. The molecular weight excluding hydrogens is 274 g/mol. The van der Waals surface area contributed by atoms with Crippen molar-refractivity contribution in [3.8, 4) is 0 Å². The van der Waals surface area contributed by atoms with E-state index >= 15 is 0 Å². The summed E-state index contributed by atoms with van der Waals surface area (Å²) in [6, 6.07) is 3.32. The van der Waals surface area contributed by atoms with Crippen LogP contribution in [-0.4, -0.2) is 65.8 Å². The molecule has 0 atom stereocenters. The number of aliphatic hydroxyl groups is 1. The van der Waals surface area contributed by atoms with Gasteiger partial charge < -0.3 is 14.8 Å². The Morgan fingerprint density at radius 1 is 1.43 bits per heavy atom. The lowest BCUT2D eigenvalue weighted by Crippen LogP contribution is -2.44. The van der Waals surface area contributed by atoms with Gasteiger partial charge in [-0.25, -0.2) is 0 Å². The Labute approximate surface area is 123 Å². The van der Waals surface area contributed by atoms with Gasteiger partial charge in [-0.1, -0.05) is 0 Å². The molecule has 3 N–H and O–H groups in total. The van der Waals surface area contributed by atoms with Crippen molar-refractivity contribution < 1.29 is 19.4 Å². The lowest BCUT2D eigenvalue weighted by Gasteiger charge is -2.31. The topological polar surface area (TPSA) is 94.7 Å². The van der Waals surface area contributed by atoms with E-state index < -0.39 is 5.91 Å². The number of amides is 2. The standard InChI is InChI=1S/C14H21N3O4/c18-8-9-21-11-3-6-17(7-4-11)10-13(19)16-14(20)12-2-1-5-15-12/h1-2,5,11,15,18H,3-4,6-10H2,(H,16,19,20). The van der Waals surface area contributed by atoms with Gasteiger partial charge in [0.2, 0.25) is 5.91 Å². The minimum Gasteiger partial charge on any atom is -0.394 e. The highest BCUT2D eigenvalue weighted by Crippen LogP contribution is 2.13. The lowest BCUT2D eigenvalue weighted by atomic mass is 10.1. The quantitative estimate of drug-likeness (QED) is 0.672. The summed E-state index contributed by atoms with van der Waals surface area (Å²) in [6.45, 7) is 2.10. The van der Waals surface area contributed by atoms with Crippen LogP contribution in [0.15, 0.2) is 18.3 Å². The van der Waals surface area contributed by atoms with Crippen LogP contribution >= 0.6 is 0 Å². The summed E-state index contributed by atoms with van der Waals surface area (Å²) < 4.78 is 5.46. The van der Waals surface area contributed by atoms with Crippen molar-refractivity contribution in [1.82, 2.24) is 15.2 Å². The molecule has 116 valence electrons. The highest BCUT2D eigenvalue weighted by Gasteiger charge is 2.22. The number of ether oxygens (including phenoxy) is 1. The molecule has 0 unspecified atom stereocenters. The molecule has 7 heteroatoms. The number of carbonyl (C=O) groups is 2. The number of hydrogen-bond acceptors (Lipinski definition) is 5. The van der Waals surface area contributed by atoms with E-state index in [0.717, 1.165) is 25.9 Å². The number of likely N-dealkylation sites (tertiary alicyclic amines) is 1. The van der Waals surface area contributed by atoms with Gasteiger partial charge in [0.25, 0.3) is 5.91 Å². The lowest BCUT2D eigenvalue weighted by molar-refractivity contribution is -0.122. The van der Waals surface area contributed by atoms with Gasteiger partial charge >= 0.3 is 0 Å². The van der Waals surface area contributed by atoms with E-state index in [1.807, 2.05) is 4.90 Å². The molecule has 1 aromatic rings. The molecule has 1 fully saturated rings. The van der Waals surface area contributed by atoms with Gasteiger partial charge in [0, 0.05) is 19.3 Å². The van der Waals surface area contributed by atoms with E-state index in [1.54, 1.807) is 18.3 Å². The van der Waals surface area contributed by atoms with Crippen LogP contribution in [0.25, 0.3) is 0 Å². The Bertz CT molecular complexity index is 453. The first kappa shape index (κ1) is 15.7. The Hall–Kier alpha value is -1.70. The van der Waals surface area contributed by atoms with E-state index in [-0.39, 0.29) is 25.2 Å². The van der Waals surface area contributed by atoms with Crippen molar-refractivity contribution in [2.24, 2.45) is 0 Å². The van der Waals surface area contributed by atoms with Crippen LogP contribution in [0.2, 0.25) is 0 Å². The molecule has 0 saturated carbocycles. The maximum Gasteiger partial charge on any atom is 0.274 e. The first-order valence-corrected chi connectivity index (χ1v) is 7.11. The van der Waals surface area contributed by atoms with Gasteiger partial charge in [0.05, 0.1) is 25.9 Å². The minimum atomic E-state index is -0.411. The largest absolute Gasteiger partial charge is 0.394 e. The summed E-state index contributed by atoms with van der Waals surface area (Å²) in [5.74, 6) is -0.713. The summed E-state index contributed by atoms with van der Waals surface area (Å²) >= 11 is 0. The predicted octanol–water partition coefficient (Wildman–Crippen LogP) is -0.256. The fraction of sp³-hybridized carbons (Fsp3) is 0.571. The molecule has 2 rings (SSSR count). The molecule has 0 aromatic carbocycles. The van der Waals surface area contributed by atoms with Crippen molar-refractivity contribution in [3.05, 3.63) is 24.0 Å². The SMILES string of the molecule is O=C(CN1CCC(OCCO)CC1)NC(=O)c1ccc[nH]1. The van der Waals surface area contributed by atoms with Crippen molar-refractivity contribution in [2.45, 2.75) is 18.9 Å². The second kappa shape index (κ2) is 7.92. The van der Waals surface area contributed by atoms with Crippen molar-refractivity contribution in [2.75, 3.05) is 32.8 Å². The molecule has 0 bridgehead atoms. The number of hydrogen-bond donors (Lipinski definition) is 3. The van der Waals surface area contributed by atoms with Gasteiger partial charge in [-0.2, -0.15) is 0 Å². The highest BCUT2D eigenvalue weighted by molar-refractivity contribution is 6.04. The third kappa shape index (κ3) is 4.96. The van der Waals surface area contributed by atoms with Crippen LogP contribution in [0.5, 0.6) is 0 Å². The van der Waals surface area contributed by atoms with E-state index in [2.05, 4.69) is 10.3 Å². The number of rotatable bonds is 6. The van der Waals surface area contributed by atoms with Crippen LogP contribution < -0.4 is 5.32 Å². The number of carbonyl (C=O) groups excluding carboxylic acids is 2. The molecule has 0 aliphatic carbocycles. The zero-order valence-corrected chi connectivity index (χ0v) is 11.9. The molecule has 0 radical (unpaired) electrons. The first-order chi connectivity index (χ1) is 10.2. The van der Waals surface area contributed by atoms with Crippen LogP contribution in [0.1, 0.15) is 23.3 Å². The molecule has 2 heterocycles. The van der Waals surface area contributed by atoms with Gasteiger partial charge in [0.15, 0.2) is 0 Å². The van der Waals surface area contributed by atoms with Crippen LogP contribution in [0, 0.1) is 0 Å². The number of aromatic amines is 1. The number of aliphatic hydroxyl groups excluding tert-OH is 1. The number of imide groups is 1. The molecule has 7 nitrogen and oxygen atoms in total. The Balaban J connectivity index is 1.68. The summed E-state index contributed by atoms with van der Waals surface area (Å²) in [5, 5.41) is 11.1. The summed E-state index contributed by atoms with van der Waals surface area (Å²) in [4.78, 5) is 28.3. The third-order valence-corrected chi connectivity index (χ3v) is 3.44. The summed E-state index contributed by atoms with van der Waals surface area (Å²) in [7, 11) is 0. The number of piperidine rings is 1. The number of nitrogens with zero attached hydrogens (tertiary/aromatic N) is 1. The molecule has 2 amide bonds. The van der Waals surface area contributed by atoms with E-state index in [4.69, 9.17) is 9.84 Å². The highest BCUT2D eigenvalue weighted by atomic mass is 16.5. The van der Waals surface area contributed by atoms with Gasteiger partial charge in [-0.05, 0) is 25.0 Å². The first-order valence-electron chi connectivity index (χ1n) is 7.11. The number of nitrogens with one attached hydrogen (secondary N) is 2. The molecule has 1 saturated heterocycles. The monoisotopic (exact) mass is 295 g/mol. The maximum absolute atomic E-state index is 11.8.